The van der Waals surface area contributed by atoms with Crippen LogP contribution in [0.1, 0.15) is 12.0 Å². The molecule has 0 radical (unpaired) electrons. The van der Waals surface area contributed by atoms with Crippen LogP contribution in [0.3, 0.4) is 0 Å². The Hall–Kier alpha value is -2.41. The first-order valence-corrected chi connectivity index (χ1v) is 5.79. The first-order chi connectivity index (χ1) is 8.79. The van der Waals surface area contributed by atoms with Crippen molar-refractivity contribution in [1.29, 1.82) is 5.26 Å². The highest BCUT2D eigenvalue weighted by molar-refractivity contribution is 5.62. The number of aryl methyl sites for hydroxylation is 1. The molecule has 4 heteroatoms. The molecule has 90 valence electrons. The van der Waals surface area contributed by atoms with Crippen molar-refractivity contribution in [3.8, 4) is 17.2 Å². The van der Waals surface area contributed by atoms with E-state index >= 15 is 0 Å². The Bertz CT molecular complexity index is 538. The molecule has 0 atom stereocenters. The lowest BCUT2D eigenvalue weighted by Gasteiger charge is -2.04. The number of nitriles is 1. The van der Waals surface area contributed by atoms with E-state index in [-0.39, 0.29) is 0 Å². The lowest BCUT2D eigenvalue weighted by molar-refractivity contribution is 1.02. The van der Waals surface area contributed by atoms with Gasteiger partial charge < -0.3 is 5.32 Å². The quantitative estimate of drug-likeness (QED) is 0.832. The Kier molecular flexibility index (Phi) is 3.87. The zero-order valence-corrected chi connectivity index (χ0v) is 10.2. The molecular formula is C14H14N4. The Balaban J connectivity index is 2.08. The van der Waals surface area contributed by atoms with Crippen LogP contribution in [-0.2, 0) is 0 Å². The van der Waals surface area contributed by atoms with Crippen LogP contribution in [0.5, 0.6) is 0 Å². The van der Waals surface area contributed by atoms with Crippen molar-refractivity contribution >= 4 is 5.95 Å². The standard InChI is InChI=1S/C14H14N4/c1-11-3-5-12(6-4-11)13-9-17-14(18-10-13)16-8-2-7-15/h3-6,9-10H,2,8H2,1H3,(H,16,17,18). The van der Waals surface area contributed by atoms with E-state index in [1.54, 1.807) is 12.4 Å². The van der Waals surface area contributed by atoms with Gasteiger partial charge in [0.2, 0.25) is 5.95 Å². The normalized spacial score (nSPS) is 9.78. The van der Waals surface area contributed by atoms with Gasteiger partial charge in [-0.1, -0.05) is 29.8 Å². The second-order valence-corrected chi connectivity index (χ2v) is 4.00. The van der Waals surface area contributed by atoms with Gasteiger partial charge in [-0.25, -0.2) is 9.97 Å². The van der Waals surface area contributed by atoms with Gasteiger partial charge in [0.1, 0.15) is 0 Å². The van der Waals surface area contributed by atoms with Crippen LogP contribution in [0.25, 0.3) is 11.1 Å². The molecule has 0 aliphatic rings. The van der Waals surface area contributed by atoms with Gasteiger partial charge in [-0.05, 0) is 12.5 Å². The van der Waals surface area contributed by atoms with Crippen molar-refractivity contribution < 1.29 is 0 Å². The molecule has 1 aromatic carbocycles. The monoisotopic (exact) mass is 238 g/mol. The minimum atomic E-state index is 0.447. The Morgan fingerprint density at radius 2 is 1.78 bits per heavy atom. The summed E-state index contributed by atoms with van der Waals surface area (Å²) in [5.41, 5.74) is 3.32. The number of hydrogen-bond acceptors (Lipinski definition) is 4. The second-order valence-electron chi connectivity index (χ2n) is 4.00. The number of benzene rings is 1. The summed E-state index contributed by atoms with van der Waals surface area (Å²) in [4.78, 5) is 8.44. The Morgan fingerprint density at radius 1 is 1.11 bits per heavy atom. The molecule has 0 bridgehead atoms. The number of nitrogens with zero attached hydrogens (tertiary/aromatic N) is 3. The summed E-state index contributed by atoms with van der Waals surface area (Å²) in [5.74, 6) is 0.557. The summed E-state index contributed by atoms with van der Waals surface area (Å²) < 4.78 is 0. The smallest absolute Gasteiger partial charge is 0.222 e. The molecule has 2 aromatic rings. The zero-order chi connectivity index (χ0) is 12.8. The fraction of sp³-hybridized carbons (Fsp3) is 0.214. The topological polar surface area (TPSA) is 61.6 Å². The van der Waals surface area contributed by atoms with Gasteiger partial charge in [0, 0.05) is 24.5 Å². The summed E-state index contributed by atoms with van der Waals surface area (Å²) in [6.07, 6.45) is 4.02. The number of rotatable bonds is 4. The molecule has 0 saturated carbocycles. The number of hydrogen-bond donors (Lipinski definition) is 1. The van der Waals surface area contributed by atoms with Crippen LogP contribution in [0.15, 0.2) is 36.7 Å². The summed E-state index contributed by atoms with van der Waals surface area (Å²) in [6.45, 7) is 2.63. The van der Waals surface area contributed by atoms with E-state index in [1.165, 1.54) is 5.56 Å². The molecule has 18 heavy (non-hydrogen) atoms. The average molecular weight is 238 g/mol. The minimum absolute atomic E-state index is 0.447. The molecule has 1 N–H and O–H groups in total. The Morgan fingerprint density at radius 3 is 2.39 bits per heavy atom. The summed E-state index contributed by atoms with van der Waals surface area (Å²) in [7, 11) is 0. The van der Waals surface area contributed by atoms with E-state index < -0.39 is 0 Å². The van der Waals surface area contributed by atoms with Crippen molar-refractivity contribution in [2.45, 2.75) is 13.3 Å². The SMILES string of the molecule is Cc1ccc(-c2cnc(NCCC#N)nc2)cc1. The molecule has 1 heterocycles. The molecule has 2 rings (SSSR count). The van der Waals surface area contributed by atoms with Crippen LogP contribution in [0.2, 0.25) is 0 Å². The fourth-order valence-corrected chi connectivity index (χ4v) is 1.54. The molecule has 0 unspecified atom stereocenters. The van der Waals surface area contributed by atoms with E-state index in [4.69, 9.17) is 5.26 Å². The average Bonchev–Trinajstić information content (AvgIpc) is 2.41. The van der Waals surface area contributed by atoms with E-state index in [1.807, 2.05) is 0 Å². The molecule has 0 spiro atoms. The van der Waals surface area contributed by atoms with Crippen molar-refractivity contribution in [2.24, 2.45) is 0 Å². The maximum atomic E-state index is 8.43. The molecular weight excluding hydrogens is 224 g/mol. The van der Waals surface area contributed by atoms with Crippen LogP contribution >= 0.6 is 0 Å². The fourth-order valence-electron chi connectivity index (χ4n) is 1.54. The lowest BCUT2D eigenvalue weighted by Crippen LogP contribution is -2.04. The van der Waals surface area contributed by atoms with Crippen molar-refractivity contribution in [1.82, 2.24) is 9.97 Å². The van der Waals surface area contributed by atoms with Gasteiger partial charge in [-0.3, -0.25) is 0 Å². The number of nitrogens with one attached hydrogen (secondary N) is 1. The number of anilines is 1. The first kappa shape index (κ1) is 12.1. The third-order valence-electron chi connectivity index (χ3n) is 2.56. The largest absolute Gasteiger partial charge is 0.353 e. The van der Waals surface area contributed by atoms with Gasteiger partial charge in [-0.15, -0.1) is 0 Å². The van der Waals surface area contributed by atoms with Crippen LogP contribution in [-0.4, -0.2) is 16.5 Å². The van der Waals surface area contributed by atoms with E-state index in [2.05, 4.69) is 52.5 Å². The summed E-state index contributed by atoms with van der Waals surface area (Å²) >= 11 is 0. The Labute approximate surface area is 106 Å². The van der Waals surface area contributed by atoms with Crippen LogP contribution in [0.4, 0.5) is 5.95 Å². The zero-order valence-electron chi connectivity index (χ0n) is 10.2. The molecule has 0 amide bonds. The van der Waals surface area contributed by atoms with Crippen molar-refractivity contribution in [2.75, 3.05) is 11.9 Å². The highest BCUT2D eigenvalue weighted by atomic mass is 15.1. The molecule has 0 fully saturated rings. The first-order valence-electron chi connectivity index (χ1n) is 5.79. The third-order valence-corrected chi connectivity index (χ3v) is 2.56. The molecule has 4 nitrogen and oxygen atoms in total. The molecule has 0 saturated heterocycles. The van der Waals surface area contributed by atoms with Gasteiger partial charge >= 0.3 is 0 Å². The van der Waals surface area contributed by atoms with Crippen molar-refractivity contribution in [3.05, 3.63) is 42.2 Å². The predicted octanol–water partition coefficient (Wildman–Crippen LogP) is 2.78. The molecule has 0 aliphatic heterocycles. The van der Waals surface area contributed by atoms with Gasteiger partial charge in [0.25, 0.3) is 0 Å². The van der Waals surface area contributed by atoms with Gasteiger partial charge in [-0.2, -0.15) is 5.26 Å². The van der Waals surface area contributed by atoms with Crippen molar-refractivity contribution in [3.63, 3.8) is 0 Å². The van der Waals surface area contributed by atoms with Gasteiger partial charge in [0.15, 0.2) is 0 Å². The highest BCUT2D eigenvalue weighted by Gasteiger charge is 1.99. The van der Waals surface area contributed by atoms with E-state index in [0.717, 1.165) is 11.1 Å². The minimum Gasteiger partial charge on any atom is -0.353 e. The van der Waals surface area contributed by atoms with Crippen LogP contribution < -0.4 is 5.32 Å². The molecule has 1 aromatic heterocycles. The highest BCUT2D eigenvalue weighted by Crippen LogP contribution is 2.18. The lowest BCUT2D eigenvalue weighted by atomic mass is 10.1. The number of aromatic nitrogens is 2. The van der Waals surface area contributed by atoms with E-state index in [0.29, 0.717) is 18.9 Å². The molecule has 0 aliphatic carbocycles. The van der Waals surface area contributed by atoms with Gasteiger partial charge in [0.05, 0.1) is 12.5 Å². The third kappa shape index (κ3) is 3.05. The second kappa shape index (κ2) is 5.78. The maximum absolute atomic E-state index is 8.43. The predicted molar refractivity (Wildman–Crippen MR) is 70.9 cm³/mol. The maximum Gasteiger partial charge on any atom is 0.222 e. The summed E-state index contributed by atoms with van der Waals surface area (Å²) in [5, 5.41) is 11.4. The summed E-state index contributed by atoms with van der Waals surface area (Å²) in [6, 6.07) is 10.3. The van der Waals surface area contributed by atoms with E-state index in [9.17, 15) is 0 Å². The van der Waals surface area contributed by atoms with Crippen LogP contribution in [0, 0.1) is 18.3 Å².